The molecule has 128 valence electrons. The van der Waals surface area contributed by atoms with Crippen LogP contribution in [-0.2, 0) is 0 Å². The third-order valence-corrected chi connectivity index (χ3v) is 3.69. The Hall–Kier alpha value is -3.47. The van der Waals surface area contributed by atoms with E-state index >= 15 is 0 Å². The van der Waals surface area contributed by atoms with Crippen molar-refractivity contribution in [1.82, 2.24) is 19.9 Å². The van der Waals surface area contributed by atoms with Gasteiger partial charge < -0.3 is 0 Å². The van der Waals surface area contributed by atoms with Crippen molar-refractivity contribution in [2.75, 3.05) is 0 Å². The molecule has 2 aromatic carbocycles. The standard InChI is InChI=1S/C11H10N2.C10H7FN2/c1-9-2-4-10(5-3-9)11-6-12-8-13-7-11;11-10-4-2-1-3-9(10)8-5-12-7-13-6-8/h2-8H,1H3;1-7H. The number of hydrogen-bond donors (Lipinski definition) is 0. The van der Waals surface area contributed by atoms with Crippen LogP contribution in [-0.4, -0.2) is 19.9 Å². The molecular weight excluding hydrogens is 327 g/mol. The van der Waals surface area contributed by atoms with Crippen molar-refractivity contribution in [3.63, 3.8) is 0 Å². The Labute approximate surface area is 151 Å². The number of hydrogen-bond acceptors (Lipinski definition) is 4. The highest BCUT2D eigenvalue weighted by atomic mass is 19.1. The molecule has 0 aliphatic rings. The molecular formula is C21H17FN4. The minimum atomic E-state index is -0.252. The summed E-state index contributed by atoms with van der Waals surface area (Å²) in [5.74, 6) is -0.252. The van der Waals surface area contributed by atoms with Gasteiger partial charge in [-0.3, -0.25) is 0 Å². The van der Waals surface area contributed by atoms with E-state index in [0.717, 1.165) is 11.1 Å². The van der Waals surface area contributed by atoms with E-state index in [0.29, 0.717) is 11.1 Å². The number of benzene rings is 2. The molecule has 0 radical (unpaired) electrons. The van der Waals surface area contributed by atoms with Crippen LogP contribution in [0.1, 0.15) is 5.56 Å². The molecule has 0 unspecified atom stereocenters. The first-order chi connectivity index (χ1) is 12.7. The highest BCUT2D eigenvalue weighted by molar-refractivity contribution is 5.62. The predicted molar refractivity (Wildman–Crippen MR) is 99.6 cm³/mol. The molecule has 4 rings (SSSR count). The molecule has 2 aromatic heterocycles. The first-order valence-corrected chi connectivity index (χ1v) is 8.06. The molecule has 0 saturated heterocycles. The van der Waals surface area contributed by atoms with Gasteiger partial charge in [-0.15, -0.1) is 0 Å². The summed E-state index contributed by atoms with van der Waals surface area (Å²) in [5, 5.41) is 0. The summed E-state index contributed by atoms with van der Waals surface area (Å²) in [7, 11) is 0. The summed E-state index contributed by atoms with van der Waals surface area (Å²) in [6.45, 7) is 2.07. The van der Waals surface area contributed by atoms with Crippen molar-refractivity contribution in [2.45, 2.75) is 6.92 Å². The third kappa shape index (κ3) is 4.54. The van der Waals surface area contributed by atoms with Crippen molar-refractivity contribution >= 4 is 0 Å². The van der Waals surface area contributed by atoms with Gasteiger partial charge in [0.15, 0.2) is 0 Å². The quantitative estimate of drug-likeness (QED) is 0.527. The number of aryl methyl sites for hydroxylation is 1. The van der Waals surface area contributed by atoms with E-state index < -0.39 is 0 Å². The fourth-order valence-corrected chi connectivity index (χ4v) is 2.33. The van der Waals surface area contributed by atoms with Gasteiger partial charge in [0, 0.05) is 41.5 Å². The molecule has 4 nitrogen and oxygen atoms in total. The van der Waals surface area contributed by atoms with Crippen LogP contribution in [0.5, 0.6) is 0 Å². The maximum atomic E-state index is 13.2. The van der Waals surface area contributed by atoms with E-state index in [1.165, 1.54) is 24.3 Å². The molecule has 0 bridgehead atoms. The Kier molecular flexibility index (Phi) is 5.72. The maximum Gasteiger partial charge on any atom is 0.131 e. The molecule has 2 heterocycles. The van der Waals surface area contributed by atoms with Gasteiger partial charge in [0.2, 0.25) is 0 Å². The van der Waals surface area contributed by atoms with Crippen LogP contribution in [0.25, 0.3) is 22.3 Å². The third-order valence-electron chi connectivity index (χ3n) is 3.69. The maximum absolute atomic E-state index is 13.2. The van der Waals surface area contributed by atoms with E-state index in [2.05, 4.69) is 51.1 Å². The second-order valence-electron chi connectivity index (χ2n) is 5.60. The Balaban J connectivity index is 0.000000151. The van der Waals surface area contributed by atoms with Gasteiger partial charge in [0.25, 0.3) is 0 Å². The largest absolute Gasteiger partial charge is 0.244 e. The Morgan fingerprint density at radius 2 is 1.15 bits per heavy atom. The molecule has 26 heavy (non-hydrogen) atoms. The first kappa shape index (κ1) is 17.4. The van der Waals surface area contributed by atoms with Gasteiger partial charge in [-0.05, 0) is 18.6 Å². The summed E-state index contributed by atoms with van der Waals surface area (Å²) in [4.78, 5) is 15.6. The predicted octanol–water partition coefficient (Wildman–Crippen LogP) is 4.73. The van der Waals surface area contributed by atoms with Gasteiger partial charge in [0.1, 0.15) is 18.5 Å². The second kappa shape index (κ2) is 8.58. The lowest BCUT2D eigenvalue weighted by atomic mass is 10.1. The monoisotopic (exact) mass is 344 g/mol. The van der Waals surface area contributed by atoms with E-state index in [4.69, 9.17) is 0 Å². The number of halogens is 1. The number of nitrogens with zero attached hydrogens (tertiary/aromatic N) is 4. The van der Waals surface area contributed by atoms with Gasteiger partial charge in [-0.2, -0.15) is 0 Å². The Morgan fingerprint density at radius 3 is 1.73 bits per heavy atom. The molecule has 0 aliphatic carbocycles. The second-order valence-corrected chi connectivity index (χ2v) is 5.60. The van der Waals surface area contributed by atoms with Crippen molar-refractivity contribution < 1.29 is 4.39 Å². The van der Waals surface area contributed by atoms with E-state index in [9.17, 15) is 4.39 Å². The average Bonchev–Trinajstić information content (AvgIpc) is 2.71. The summed E-state index contributed by atoms with van der Waals surface area (Å²) in [6.07, 6.45) is 9.77. The van der Waals surface area contributed by atoms with E-state index in [-0.39, 0.29) is 5.82 Å². The first-order valence-electron chi connectivity index (χ1n) is 8.06. The Morgan fingerprint density at radius 1 is 0.615 bits per heavy atom. The Bertz CT molecular complexity index is 942. The van der Waals surface area contributed by atoms with Crippen LogP contribution >= 0.6 is 0 Å². The molecule has 0 atom stereocenters. The van der Waals surface area contributed by atoms with Crippen LogP contribution < -0.4 is 0 Å². The molecule has 0 amide bonds. The molecule has 0 spiro atoms. The van der Waals surface area contributed by atoms with Crippen LogP contribution in [0, 0.1) is 12.7 Å². The zero-order valence-corrected chi connectivity index (χ0v) is 14.2. The summed E-state index contributed by atoms with van der Waals surface area (Å²) < 4.78 is 13.2. The molecule has 0 N–H and O–H groups in total. The SMILES string of the molecule is Cc1ccc(-c2cncnc2)cc1.Fc1ccccc1-c1cncnc1. The average molecular weight is 344 g/mol. The van der Waals surface area contributed by atoms with Crippen LogP contribution in [0.4, 0.5) is 4.39 Å². The van der Waals surface area contributed by atoms with E-state index in [1.54, 1.807) is 30.6 Å². The van der Waals surface area contributed by atoms with Gasteiger partial charge >= 0.3 is 0 Å². The lowest BCUT2D eigenvalue weighted by Gasteiger charge is -2.00. The lowest BCUT2D eigenvalue weighted by Crippen LogP contribution is -1.85. The molecule has 5 heteroatoms. The lowest BCUT2D eigenvalue weighted by molar-refractivity contribution is 0.631. The van der Waals surface area contributed by atoms with Crippen molar-refractivity contribution in [2.24, 2.45) is 0 Å². The highest BCUT2D eigenvalue weighted by Crippen LogP contribution is 2.20. The fraction of sp³-hybridized carbons (Fsp3) is 0.0476. The van der Waals surface area contributed by atoms with Crippen molar-refractivity contribution in [3.05, 3.63) is 97.4 Å². The summed E-state index contributed by atoms with van der Waals surface area (Å²) in [6, 6.07) is 14.9. The summed E-state index contributed by atoms with van der Waals surface area (Å²) in [5.41, 5.74) is 4.71. The van der Waals surface area contributed by atoms with Crippen molar-refractivity contribution in [3.8, 4) is 22.3 Å². The zero-order chi connectivity index (χ0) is 18.2. The molecule has 4 aromatic rings. The van der Waals surface area contributed by atoms with Gasteiger partial charge in [-0.1, -0.05) is 48.0 Å². The normalized spacial score (nSPS) is 9.92. The topological polar surface area (TPSA) is 51.6 Å². The van der Waals surface area contributed by atoms with E-state index in [1.807, 2.05) is 12.4 Å². The number of aromatic nitrogens is 4. The van der Waals surface area contributed by atoms with Crippen LogP contribution in [0.3, 0.4) is 0 Å². The molecule has 0 fully saturated rings. The highest BCUT2D eigenvalue weighted by Gasteiger charge is 2.02. The van der Waals surface area contributed by atoms with Gasteiger partial charge in [-0.25, -0.2) is 24.3 Å². The number of rotatable bonds is 2. The minimum absolute atomic E-state index is 0.252. The van der Waals surface area contributed by atoms with Crippen LogP contribution in [0.2, 0.25) is 0 Å². The summed E-state index contributed by atoms with van der Waals surface area (Å²) >= 11 is 0. The smallest absolute Gasteiger partial charge is 0.131 e. The van der Waals surface area contributed by atoms with Gasteiger partial charge in [0.05, 0.1) is 0 Å². The fourth-order valence-electron chi connectivity index (χ4n) is 2.33. The zero-order valence-electron chi connectivity index (χ0n) is 14.2. The van der Waals surface area contributed by atoms with Crippen LogP contribution in [0.15, 0.2) is 86.0 Å². The molecule has 0 aliphatic heterocycles. The van der Waals surface area contributed by atoms with Crippen molar-refractivity contribution in [1.29, 1.82) is 0 Å². The minimum Gasteiger partial charge on any atom is -0.244 e. The molecule has 0 saturated carbocycles.